The van der Waals surface area contributed by atoms with Crippen LogP contribution in [0.25, 0.3) is 0 Å². The molecule has 0 amide bonds. The number of nitrogens with zero attached hydrogens (tertiary/aromatic N) is 1. The van der Waals surface area contributed by atoms with Crippen LogP contribution in [0.4, 0.5) is 0 Å². The Kier molecular flexibility index (Phi) is 2.63. The number of H-pyrrole nitrogens is 1. The molecule has 3 heteroatoms. The average molecular weight is 200 g/mol. The normalized spacial score (nSPS) is 10.2. The highest BCUT2D eigenvalue weighted by molar-refractivity contribution is 6.08. The number of rotatable bonds is 3. The zero-order valence-electron chi connectivity index (χ0n) is 8.53. The number of aryl methyl sites for hydroxylation is 1. The number of ketones is 1. The maximum atomic E-state index is 11.8. The molecule has 0 spiro atoms. The maximum Gasteiger partial charge on any atom is 0.196 e. The fourth-order valence-corrected chi connectivity index (χ4v) is 1.43. The molecule has 1 aromatic heterocycles. The smallest absolute Gasteiger partial charge is 0.196 e. The van der Waals surface area contributed by atoms with Crippen LogP contribution >= 0.6 is 0 Å². The van der Waals surface area contributed by atoms with Crippen LogP contribution in [0.5, 0.6) is 0 Å². The van der Waals surface area contributed by atoms with Gasteiger partial charge in [-0.3, -0.25) is 9.89 Å². The minimum atomic E-state index is 0.00593. The molecule has 0 unspecified atom stereocenters. The minimum absolute atomic E-state index is 0.00593. The molecular weight excluding hydrogens is 188 g/mol. The molecule has 0 bridgehead atoms. The summed E-state index contributed by atoms with van der Waals surface area (Å²) in [5.41, 5.74) is 2.53. The van der Waals surface area contributed by atoms with Crippen molar-refractivity contribution in [3.8, 4) is 0 Å². The number of aromatic nitrogens is 2. The van der Waals surface area contributed by atoms with Gasteiger partial charge in [-0.25, -0.2) is 0 Å². The van der Waals surface area contributed by atoms with E-state index >= 15 is 0 Å². The predicted molar refractivity (Wildman–Crippen MR) is 57.8 cm³/mol. The highest BCUT2D eigenvalue weighted by atomic mass is 16.1. The molecule has 0 fully saturated rings. The molecule has 76 valence electrons. The largest absolute Gasteiger partial charge is 0.288 e. The predicted octanol–water partition coefficient (Wildman–Crippen LogP) is 2.20. The van der Waals surface area contributed by atoms with Crippen LogP contribution in [0.1, 0.15) is 28.4 Å². The summed E-state index contributed by atoms with van der Waals surface area (Å²) in [7, 11) is 0. The Morgan fingerprint density at radius 2 is 2.00 bits per heavy atom. The van der Waals surface area contributed by atoms with Crippen molar-refractivity contribution >= 4 is 5.78 Å². The maximum absolute atomic E-state index is 11.8. The van der Waals surface area contributed by atoms with Gasteiger partial charge in [0.2, 0.25) is 0 Å². The lowest BCUT2D eigenvalue weighted by molar-refractivity contribution is 0.103. The van der Waals surface area contributed by atoms with Crippen molar-refractivity contribution in [3.05, 3.63) is 53.3 Å². The Labute approximate surface area is 88.1 Å². The molecule has 0 radical (unpaired) electrons. The van der Waals surface area contributed by atoms with Gasteiger partial charge in [-0.05, 0) is 12.0 Å². The lowest BCUT2D eigenvalue weighted by atomic mass is 10.0. The molecule has 2 rings (SSSR count). The first-order valence-corrected chi connectivity index (χ1v) is 4.93. The molecule has 0 saturated heterocycles. The summed E-state index contributed by atoms with van der Waals surface area (Å²) in [6, 6.07) is 7.67. The van der Waals surface area contributed by atoms with Crippen LogP contribution < -0.4 is 0 Å². The van der Waals surface area contributed by atoms with E-state index in [1.807, 2.05) is 24.3 Å². The Morgan fingerprint density at radius 3 is 2.53 bits per heavy atom. The molecule has 0 atom stereocenters. The van der Waals surface area contributed by atoms with Crippen LogP contribution in [0.3, 0.4) is 0 Å². The molecule has 2 aromatic rings. The van der Waals surface area contributed by atoms with Gasteiger partial charge >= 0.3 is 0 Å². The van der Waals surface area contributed by atoms with E-state index in [1.165, 1.54) is 11.8 Å². The molecule has 3 nitrogen and oxygen atoms in total. The van der Waals surface area contributed by atoms with Crippen LogP contribution in [-0.2, 0) is 6.42 Å². The van der Waals surface area contributed by atoms with Crippen molar-refractivity contribution in [2.75, 3.05) is 0 Å². The highest BCUT2D eigenvalue weighted by Gasteiger charge is 2.08. The van der Waals surface area contributed by atoms with Crippen LogP contribution in [-0.4, -0.2) is 16.0 Å². The van der Waals surface area contributed by atoms with Gasteiger partial charge in [0.05, 0.1) is 11.8 Å². The average Bonchev–Trinajstić information content (AvgIpc) is 2.82. The molecule has 15 heavy (non-hydrogen) atoms. The Balaban J connectivity index is 2.27. The van der Waals surface area contributed by atoms with Gasteiger partial charge in [0.1, 0.15) is 0 Å². The number of nitrogens with one attached hydrogen (secondary N) is 1. The second kappa shape index (κ2) is 4.09. The van der Waals surface area contributed by atoms with Crippen LogP contribution in [0, 0.1) is 0 Å². The van der Waals surface area contributed by atoms with E-state index in [1.54, 1.807) is 6.20 Å². The van der Waals surface area contributed by atoms with E-state index in [2.05, 4.69) is 17.1 Å². The molecule has 1 N–H and O–H groups in total. The van der Waals surface area contributed by atoms with Crippen LogP contribution in [0.15, 0.2) is 36.7 Å². The zero-order valence-corrected chi connectivity index (χ0v) is 8.53. The lowest BCUT2D eigenvalue weighted by Crippen LogP contribution is -1.99. The Bertz CT molecular complexity index is 443. The number of carbonyl (C=O) groups excluding carboxylic acids is 1. The number of hydrogen-bond donors (Lipinski definition) is 1. The van der Waals surface area contributed by atoms with Crippen molar-refractivity contribution in [1.82, 2.24) is 10.2 Å². The molecular formula is C12H12N2O. The first-order valence-electron chi connectivity index (χ1n) is 4.93. The lowest BCUT2D eigenvalue weighted by Gasteiger charge is -1.99. The van der Waals surface area contributed by atoms with Gasteiger partial charge in [-0.2, -0.15) is 5.10 Å². The van der Waals surface area contributed by atoms with Gasteiger partial charge < -0.3 is 0 Å². The Morgan fingerprint density at radius 1 is 1.27 bits per heavy atom. The Hall–Kier alpha value is -1.90. The standard InChI is InChI=1S/C12H12N2O/c1-2-9-3-5-10(6-4-9)12(15)11-7-13-14-8-11/h3-8H,2H2,1H3,(H,13,14). The summed E-state index contributed by atoms with van der Waals surface area (Å²) in [6.07, 6.45) is 4.13. The summed E-state index contributed by atoms with van der Waals surface area (Å²) in [5, 5.41) is 6.39. The highest BCUT2D eigenvalue weighted by Crippen LogP contribution is 2.10. The fraction of sp³-hybridized carbons (Fsp3) is 0.167. The van der Waals surface area contributed by atoms with E-state index in [9.17, 15) is 4.79 Å². The van der Waals surface area contributed by atoms with E-state index < -0.39 is 0 Å². The second-order valence-electron chi connectivity index (χ2n) is 3.37. The van der Waals surface area contributed by atoms with Crippen molar-refractivity contribution in [2.45, 2.75) is 13.3 Å². The zero-order chi connectivity index (χ0) is 10.7. The molecule has 1 aromatic carbocycles. The third-order valence-corrected chi connectivity index (χ3v) is 2.38. The first-order chi connectivity index (χ1) is 7.31. The summed E-state index contributed by atoms with van der Waals surface area (Å²) < 4.78 is 0. The molecule has 0 aliphatic rings. The van der Waals surface area contributed by atoms with Gasteiger partial charge in [0.25, 0.3) is 0 Å². The fourth-order valence-electron chi connectivity index (χ4n) is 1.43. The molecule has 1 heterocycles. The van der Waals surface area contributed by atoms with E-state index in [-0.39, 0.29) is 5.78 Å². The first kappa shape index (κ1) is 9.65. The molecule has 0 aliphatic heterocycles. The third-order valence-electron chi connectivity index (χ3n) is 2.38. The van der Waals surface area contributed by atoms with Gasteiger partial charge in [0, 0.05) is 11.8 Å². The van der Waals surface area contributed by atoms with Crippen molar-refractivity contribution in [3.63, 3.8) is 0 Å². The van der Waals surface area contributed by atoms with Gasteiger partial charge in [-0.1, -0.05) is 31.2 Å². The quantitative estimate of drug-likeness (QED) is 0.772. The SMILES string of the molecule is CCc1ccc(C(=O)c2cn[nH]c2)cc1. The number of hydrogen-bond acceptors (Lipinski definition) is 2. The minimum Gasteiger partial charge on any atom is -0.288 e. The van der Waals surface area contributed by atoms with Crippen molar-refractivity contribution < 1.29 is 4.79 Å². The van der Waals surface area contributed by atoms with Crippen LogP contribution in [0.2, 0.25) is 0 Å². The number of aromatic amines is 1. The van der Waals surface area contributed by atoms with Gasteiger partial charge in [0.15, 0.2) is 5.78 Å². The summed E-state index contributed by atoms with van der Waals surface area (Å²) >= 11 is 0. The van der Waals surface area contributed by atoms with E-state index in [0.29, 0.717) is 11.1 Å². The molecule has 0 aliphatic carbocycles. The number of benzene rings is 1. The monoisotopic (exact) mass is 200 g/mol. The summed E-state index contributed by atoms with van der Waals surface area (Å²) in [4.78, 5) is 11.8. The summed E-state index contributed by atoms with van der Waals surface area (Å²) in [5.74, 6) is 0.00593. The van der Waals surface area contributed by atoms with Crippen molar-refractivity contribution in [1.29, 1.82) is 0 Å². The van der Waals surface area contributed by atoms with Gasteiger partial charge in [-0.15, -0.1) is 0 Å². The van der Waals surface area contributed by atoms with E-state index in [0.717, 1.165) is 6.42 Å². The topological polar surface area (TPSA) is 45.8 Å². The third kappa shape index (κ3) is 1.96. The number of carbonyl (C=O) groups is 1. The van der Waals surface area contributed by atoms with Crippen molar-refractivity contribution in [2.24, 2.45) is 0 Å². The van der Waals surface area contributed by atoms with E-state index in [4.69, 9.17) is 0 Å². The molecule has 0 saturated carbocycles. The summed E-state index contributed by atoms with van der Waals surface area (Å²) in [6.45, 7) is 2.09. The second-order valence-corrected chi connectivity index (χ2v) is 3.37.